The van der Waals surface area contributed by atoms with Crippen LogP contribution in [0.1, 0.15) is 56.6 Å². The number of methoxy groups -OCH3 is 2. The summed E-state index contributed by atoms with van der Waals surface area (Å²) in [5.41, 5.74) is -2.12. The topological polar surface area (TPSA) is 124 Å². The van der Waals surface area contributed by atoms with Gasteiger partial charge in [0.05, 0.1) is 37.7 Å². The lowest BCUT2D eigenvalue weighted by atomic mass is 9.77. The van der Waals surface area contributed by atoms with Gasteiger partial charge in [-0.3, -0.25) is 9.69 Å². The zero-order valence-corrected chi connectivity index (χ0v) is 21.7. The van der Waals surface area contributed by atoms with Gasteiger partial charge in [0.25, 0.3) is 0 Å². The molecule has 0 radical (unpaired) electrons. The minimum Gasteiger partial charge on any atom is -0.497 e. The van der Waals surface area contributed by atoms with Gasteiger partial charge in [-0.2, -0.15) is 0 Å². The highest BCUT2D eigenvalue weighted by Gasteiger charge is 2.59. The molecule has 1 aromatic rings. The van der Waals surface area contributed by atoms with E-state index >= 15 is 0 Å². The molecule has 0 aromatic heterocycles. The Morgan fingerprint density at radius 3 is 2.57 bits per heavy atom. The van der Waals surface area contributed by atoms with Gasteiger partial charge in [-0.15, -0.1) is 0 Å². The number of ether oxygens (including phenoxy) is 5. The lowest BCUT2D eigenvalue weighted by molar-refractivity contribution is -0.183. The molecule has 10 nitrogen and oxygen atoms in total. The third-order valence-corrected chi connectivity index (χ3v) is 7.97. The summed E-state index contributed by atoms with van der Waals surface area (Å²) >= 11 is 0. The Bertz CT molecular complexity index is 1130. The van der Waals surface area contributed by atoms with Crippen LogP contribution in [0.15, 0.2) is 24.0 Å². The Labute approximate surface area is 216 Å². The van der Waals surface area contributed by atoms with Gasteiger partial charge in [0.1, 0.15) is 5.76 Å². The van der Waals surface area contributed by atoms with Gasteiger partial charge in [-0.05, 0) is 69.0 Å². The molecule has 4 atom stereocenters. The molecule has 3 heterocycles. The number of esters is 2. The molecule has 202 valence electrons. The predicted octanol–water partition coefficient (Wildman–Crippen LogP) is 1.80. The summed E-state index contributed by atoms with van der Waals surface area (Å²) in [6, 6.07) is 3.97. The van der Waals surface area contributed by atoms with E-state index in [-0.39, 0.29) is 12.7 Å². The molecule has 1 aromatic carbocycles. The molecule has 1 spiro atoms. The average Bonchev–Trinajstić information content (AvgIpc) is 3.51. The summed E-state index contributed by atoms with van der Waals surface area (Å²) in [6.07, 6.45) is 2.76. The monoisotopic (exact) mass is 517 g/mol. The molecular formula is C27H35NO9. The van der Waals surface area contributed by atoms with Crippen molar-refractivity contribution in [3.05, 3.63) is 35.1 Å². The first-order valence-electron chi connectivity index (χ1n) is 12.7. The molecule has 0 bridgehead atoms. The minimum atomic E-state index is -2.29. The first-order chi connectivity index (χ1) is 17.5. The van der Waals surface area contributed by atoms with Crippen molar-refractivity contribution in [2.24, 2.45) is 0 Å². The highest BCUT2D eigenvalue weighted by atomic mass is 16.7. The Kier molecular flexibility index (Phi) is 6.40. The van der Waals surface area contributed by atoms with E-state index in [2.05, 4.69) is 11.0 Å². The Balaban J connectivity index is 1.56. The number of hydrogen-bond donors (Lipinski definition) is 2. The lowest BCUT2D eigenvalue weighted by Gasteiger charge is -2.40. The van der Waals surface area contributed by atoms with E-state index in [0.717, 1.165) is 43.5 Å². The van der Waals surface area contributed by atoms with Crippen LogP contribution >= 0.6 is 0 Å². The van der Waals surface area contributed by atoms with Crippen LogP contribution in [-0.2, 0) is 30.2 Å². The van der Waals surface area contributed by atoms with Crippen molar-refractivity contribution in [2.75, 3.05) is 34.1 Å². The number of aliphatic hydroxyl groups is 2. The molecule has 3 aliphatic heterocycles. The molecule has 1 aliphatic carbocycles. The van der Waals surface area contributed by atoms with Crippen LogP contribution in [0.2, 0.25) is 0 Å². The Morgan fingerprint density at radius 2 is 1.89 bits per heavy atom. The molecule has 1 fully saturated rings. The van der Waals surface area contributed by atoms with Crippen LogP contribution < -0.4 is 9.47 Å². The zero-order chi connectivity index (χ0) is 26.6. The Hall–Kier alpha value is -2.82. The largest absolute Gasteiger partial charge is 0.497 e. The van der Waals surface area contributed by atoms with Gasteiger partial charge < -0.3 is 33.9 Å². The first kappa shape index (κ1) is 25.8. The maximum absolute atomic E-state index is 13.6. The van der Waals surface area contributed by atoms with E-state index in [1.54, 1.807) is 0 Å². The summed E-state index contributed by atoms with van der Waals surface area (Å²) in [4.78, 5) is 28.2. The molecule has 2 unspecified atom stereocenters. The van der Waals surface area contributed by atoms with E-state index in [1.807, 2.05) is 12.1 Å². The van der Waals surface area contributed by atoms with Crippen LogP contribution in [0.4, 0.5) is 0 Å². The molecule has 5 rings (SSSR count). The first-order valence-corrected chi connectivity index (χ1v) is 12.7. The van der Waals surface area contributed by atoms with Crippen LogP contribution in [0.3, 0.4) is 0 Å². The minimum absolute atomic E-state index is 0.150. The standard InChI is InChI=1S/C27H35NO9/c1-25(2,31)14-27(32,13-21(29)34-4)24(30)37-23-20(33-3)12-26-7-5-8-28(26)9-6-16-10-18-19(36-15-35-18)11-17(16)22(23)26/h10-12,22-23,31-32H,5-9,13-15H2,1-4H3/t22-,23?,26+,27?/m1/s1. The van der Waals surface area contributed by atoms with E-state index in [4.69, 9.17) is 23.7 Å². The van der Waals surface area contributed by atoms with Crippen molar-refractivity contribution in [1.29, 1.82) is 0 Å². The Morgan fingerprint density at radius 1 is 1.16 bits per heavy atom. The number of nitrogens with zero attached hydrogens (tertiary/aromatic N) is 1. The van der Waals surface area contributed by atoms with Crippen molar-refractivity contribution < 1.29 is 43.5 Å². The lowest BCUT2D eigenvalue weighted by Crippen LogP contribution is -2.51. The van der Waals surface area contributed by atoms with Gasteiger partial charge in [-0.25, -0.2) is 4.79 Å². The quantitative estimate of drug-likeness (QED) is 0.518. The third-order valence-electron chi connectivity index (χ3n) is 7.97. The molecule has 0 amide bonds. The summed E-state index contributed by atoms with van der Waals surface area (Å²) in [6.45, 7) is 4.78. The van der Waals surface area contributed by atoms with Crippen molar-refractivity contribution in [3.63, 3.8) is 0 Å². The number of benzene rings is 1. The van der Waals surface area contributed by atoms with E-state index in [9.17, 15) is 19.8 Å². The number of fused-ring (bicyclic) bond motifs is 3. The van der Waals surface area contributed by atoms with Crippen LogP contribution in [0, 0.1) is 0 Å². The van der Waals surface area contributed by atoms with Crippen molar-refractivity contribution in [3.8, 4) is 11.5 Å². The number of rotatable bonds is 7. The van der Waals surface area contributed by atoms with Gasteiger partial charge >= 0.3 is 11.9 Å². The predicted molar refractivity (Wildman–Crippen MR) is 130 cm³/mol. The fourth-order valence-electron chi connectivity index (χ4n) is 6.55. The highest BCUT2D eigenvalue weighted by molar-refractivity contribution is 5.86. The maximum atomic E-state index is 13.6. The van der Waals surface area contributed by atoms with Crippen molar-refractivity contribution >= 4 is 11.9 Å². The van der Waals surface area contributed by atoms with Gasteiger partial charge in [0.15, 0.2) is 23.2 Å². The van der Waals surface area contributed by atoms with Gasteiger partial charge in [-0.1, -0.05) is 0 Å². The SMILES string of the molecule is COC(=O)CC(O)(CC(C)(C)O)C(=O)OC1C(OC)=C[C@]23CCCN2CCc2cc4c(cc2[C@H]13)OCO4. The van der Waals surface area contributed by atoms with Crippen molar-refractivity contribution in [2.45, 2.75) is 74.7 Å². The number of carbonyl (C=O) groups is 2. The van der Waals surface area contributed by atoms with Gasteiger partial charge in [0.2, 0.25) is 6.79 Å². The average molecular weight is 518 g/mol. The number of carbonyl (C=O) groups excluding carboxylic acids is 2. The van der Waals surface area contributed by atoms with E-state index < -0.39 is 47.6 Å². The zero-order valence-electron chi connectivity index (χ0n) is 21.7. The highest BCUT2D eigenvalue weighted by Crippen LogP contribution is 2.55. The van der Waals surface area contributed by atoms with Crippen LogP contribution in [0.25, 0.3) is 0 Å². The van der Waals surface area contributed by atoms with Crippen LogP contribution in [0.5, 0.6) is 11.5 Å². The van der Waals surface area contributed by atoms with Gasteiger partial charge in [0, 0.05) is 13.0 Å². The molecule has 2 N–H and O–H groups in total. The van der Waals surface area contributed by atoms with Crippen molar-refractivity contribution in [1.82, 2.24) is 4.90 Å². The second-order valence-electron chi connectivity index (χ2n) is 11.1. The summed E-state index contributed by atoms with van der Waals surface area (Å²) in [5.74, 6) is -0.311. The molecule has 0 saturated carbocycles. The maximum Gasteiger partial charge on any atom is 0.339 e. The second-order valence-corrected chi connectivity index (χ2v) is 11.1. The molecule has 37 heavy (non-hydrogen) atoms. The fourth-order valence-corrected chi connectivity index (χ4v) is 6.55. The third kappa shape index (κ3) is 4.45. The smallest absolute Gasteiger partial charge is 0.339 e. The molecule has 1 saturated heterocycles. The summed E-state index contributed by atoms with van der Waals surface area (Å²) in [5, 5.41) is 21.8. The molecule has 4 aliphatic rings. The van der Waals surface area contributed by atoms with E-state index in [0.29, 0.717) is 17.3 Å². The number of hydrogen-bond acceptors (Lipinski definition) is 10. The summed E-state index contributed by atoms with van der Waals surface area (Å²) in [7, 11) is 2.71. The normalized spacial score (nSPS) is 27.8. The molecular weight excluding hydrogens is 482 g/mol. The van der Waals surface area contributed by atoms with Crippen LogP contribution in [-0.4, -0.2) is 84.0 Å². The molecule has 10 heteroatoms. The fraction of sp³-hybridized carbons (Fsp3) is 0.630. The van der Waals surface area contributed by atoms with E-state index in [1.165, 1.54) is 28.1 Å². The summed E-state index contributed by atoms with van der Waals surface area (Å²) < 4.78 is 27.9. The second kappa shape index (κ2) is 9.18.